The number of thioether (sulfide) groups is 1. The first-order valence-electron chi connectivity index (χ1n) is 4.59. The molecule has 4 heteroatoms. The van der Waals surface area contributed by atoms with Crippen LogP contribution in [0.3, 0.4) is 0 Å². The van der Waals surface area contributed by atoms with E-state index >= 15 is 0 Å². The Labute approximate surface area is 86.5 Å². The van der Waals surface area contributed by atoms with E-state index < -0.39 is 5.97 Å². The van der Waals surface area contributed by atoms with Gasteiger partial charge in [-0.05, 0) is 30.9 Å². The lowest BCUT2D eigenvalue weighted by molar-refractivity contribution is -0.133. The van der Waals surface area contributed by atoms with Crippen LogP contribution in [0.2, 0.25) is 0 Å². The average Bonchev–Trinajstić information content (AvgIpc) is 2.61. The second kappa shape index (κ2) is 4.00. The summed E-state index contributed by atoms with van der Waals surface area (Å²) < 4.78 is 0. The quantitative estimate of drug-likeness (QED) is 0.770. The molecule has 0 saturated carbocycles. The Hall–Kier alpha value is -1.03. The lowest BCUT2D eigenvalue weighted by atomic mass is 10.2. The van der Waals surface area contributed by atoms with Crippen LogP contribution in [0.15, 0.2) is 17.2 Å². The van der Waals surface area contributed by atoms with Crippen LogP contribution >= 0.6 is 11.8 Å². The Balaban J connectivity index is 2.09. The summed E-state index contributed by atoms with van der Waals surface area (Å²) >= 11 is 1.28. The number of hydrogen-bond donors (Lipinski definition) is 1. The van der Waals surface area contributed by atoms with Crippen molar-refractivity contribution in [2.75, 3.05) is 5.75 Å². The Kier molecular flexibility index (Phi) is 2.72. The van der Waals surface area contributed by atoms with Crippen LogP contribution in [0, 0.1) is 0 Å². The van der Waals surface area contributed by atoms with Crippen molar-refractivity contribution < 1.29 is 9.90 Å². The minimum absolute atomic E-state index is 0.0891. The average molecular weight is 209 g/mol. The molecule has 3 nitrogen and oxygen atoms in total. The van der Waals surface area contributed by atoms with Crippen molar-refractivity contribution >= 4 is 17.7 Å². The third-order valence-corrected chi connectivity index (χ3v) is 3.16. The summed E-state index contributed by atoms with van der Waals surface area (Å²) in [6.45, 7) is 0. The zero-order valence-electron chi connectivity index (χ0n) is 7.69. The van der Waals surface area contributed by atoms with Gasteiger partial charge in [0.15, 0.2) is 0 Å². The molecule has 1 heterocycles. The molecule has 1 aliphatic carbocycles. The minimum atomic E-state index is -0.794. The molecule has 0 fully saturated rings. The molecule has 1 N–H and O–H groups in total. The largest absolute Gasteiger partial charge is 0.481 e. The fourth-order valence-electron chi connectivity index (χ4n) is 1.62. The van der Waals surface area contributed by atoms with Gasteiger partial charge in [-0.2, -0.15) is 0 Å². The highest BCUT2D eigenvalue weighted by atomic mass is 32.2. The lowest BCUT2D eigenvalue weighted by Gasteiger charge is -2.01. The summed E-state index contributed by atoms with van der Waals surface area (Å²) in [5, 5.41) is 9.35. The highest BCUT2D eigenvalue weighted by Gasteiger charge is 2.12. The molecule has 0 atom stereocenters. The second-order valence-corrected chi connectivity index (χ2v) is 4.29. The topological polar surface area (TPSA) is 50.2 Å². The van der Waals surface area contributed by atoms with Crippen LogP contribution in [0.1, 0.15) is 17.7 Å². The van der Waals surface area contributed by atoms with E-state index in [-0.39, 0.29) is 5.75 Å². The number of carboxylic acids is 1. The summed E-state index contributed by atoms with van der Waals surface area (Å²) in [5.74, 6) is -0.705. The van der Waals surface area contributed by atoms with Crippen LogP contribution in [-0.2, 0) is 17.6 Å². The molecule has 0 bridgehead atoms. The second-order valence-electron chi connectivity index (χ2n) is 3.29. The van der Waals surface area contributed by atoms with E-state index in [0.717, 1.165) is 23.6 Å². The van der Waals surface area contributed by atoms with E-state index in [2.05, 4.69) is 11.1 Å². The molecular weight excluding hydrogens is 198 g/mol. The van der Waals surface area contributed by atoms with Gasteiger partial charge in [0.05, 0.1) is 10.8 Å². The number of carbonyl (C=O) groups is 1. The molecule has 1 aromatic rings. The zero-order chi connectivity index (χ0) is 9.97. The first-order valence-corrected chi connectivity index (χ1v) is 5.57. The van der Waals surface area contributed by atoms with Crippen molar-refractivity contribution in [3.8, 4) is 0 Å². The van der Waals surface area contributed by atoms with Gasteiger partial charge in [0.25, 0.3) is 0 Å². The predicted octanol–water partition coefficient (Wildman–Crippen LogP) is 1.75. The first-order chi connectivity index (χ1) is 6.75. The SMILES string of the molecule is O=C(O)CSc1ccc2c(n1)CCC2. The third kappa shape index (κ3) is 2.07. The molecule has 0 saturated heterocycles. The zero-order valence-corrected chi connectivity index (χ0v) is 8.51. The molecule has 0 aromatic carbocycles. The Morgan fingerprint density at radius 2 is 2.36 bits per heavy atom. The molecule has 1 aliphatic rings. The fourth-order valence-corrected chi connectivity index (χ4v) is 2.23. The van der Waals surface area contributed by atoms with Gasteiger partial charge in [0.2, 0.25) is 0 Å². The number of carboxylic acid groups (broad SMARTS) is 1. The summed E-state index contributed by atoms with van der Waals surface area (Å²) in [5.41, 5.74) is 2.48. The number of pyridine rings is 1. The van der Waals surface area contributed by atoms with Gasteiger partial charge in [0.1, 0.15) is 0 Å². The number of rotatable bonds is 3. The Morgan fingerprint density at radius 1 is 1.50 bits per heavy atom. The van der Waals surface area contributed by atoms with E-state index in [1.54, 1.807) is 0 Å². The van der Waals surface area contributed by atoms with Crippen molar-refractivity contribution in [1.82, 2.24) is 4.98 Å². The normalized spacial score (nSPS) is 14.0. The highest BCUT2D eigenvalue weighted by Crippen LogP contribution is 2.23. The standard InChI is InChI=1S/C10H11NO2S/c12-10(13)6-14-9-5-4-7-2-1-3-8(7)11-9/h4-5H,1-3,6H2,(H,12,13). The predicted molar refractivity (Wildman–Crippen MR) is 54.6 cm³/mol. The smallest absolute Gasteiger partial charge is 0.313 e. The third-order valence-electron chi connectivity index (χ3n) is 2.25. The number of fused-ring (bicyclic) bond motifs is 1. The molecule has 0 radical (unpaired) electrons. The number of hydrogen-bond acceptors (Lipinski definition) is 3. The van der Waals surface area contributed by atoms with E-state index in [0.29, 0.717) is 0 Å². The van der Waals surface area contributed by atoms with Crippen LogP contribution < -0.4 is 0 Å². The molecule has 0 spiro atoms. The number of nitrogens with zero attached hydrogens (tertiary/aromatic N) is 1. The van der Waals surface area contributed by atoms with Crippen molar-refractivity contribution in [1.29, 1.82) is 0 Å². The molecule has 1 aromatic heterocycles. The van der Waals surface area contributed by atoms with Gasteiger partial charge in [-0.15, -0.1) is 0 Å². The minimum Gasteiger partial charge on any atom is -0.481 e. The number of aryl methyl sites for hydroxylation is 2. The van der Waals surface area contributed by atoms with Gasteiger partial charge < -0.3 is 5.11 Å². The van der Waals surface area contributed by atoms with Crippen LogP contribution in [0.25, 0.3) is 0 Å². The summed E-state index contributed by atoms with van der Waals surface area (Å²) in [4.78, 5) is 14.8. The van der Waals surface area contributed by atoms with Crippen LogP contribution in [-0.4, -0.2) is 21.8 Å². The van der Waals surface area contributed by atoms with E-state index in [4.69, 9.17) is 5.11 Å². The maximum absolute atomic E-state index is 10.4. The maximum atomic E-state index is 10.4. The maximum Gasteiger partial charge on any atom is 0.313 e. The van der Waals surface area contributed by atoms with Gasteiger partial charge >= 0.3 is 5.97 Å². The monoisotopic (exact) mass is 209 g/mol. The van der Waals surface area contributed by atoms with Crippen molar-refractivity contribution in [3.63, 3.8) is 0 Å². The van der Waals surface area contributed by atoms with E-state index in [9.17, 15) is 4.79 Å². The van der Waals surface area contributed by atoms with Crippen LogP contribution in [0.4, 0.5) is 0 Å². The van der Waals surface area contributed by atoms with E-state index in [1.807, 2.05) is 6.07 Å². The molecule has 0 amide bonds. The van der Waals surface area contributed by atoms with Gasteiger partial charge in [-0.1, -0.05) is 17.8 Å². The van der Waals surface area contributed by atoms with Crippen molar-refractivity contribution in [2.45, 2.75) is 24.3 Å². The van der Waals surface area contributed by atoms with Gasteiger partial charge in [0, 0.05) is 5.69 Å². The lowest BCUT2D eigenvalue weighted by Crippen LogP contribution is -1.99. The molecule has 2 rings (SSSR count). The van der Waals surface area contributed by atoms with Gasteiger partial charge in [-0.3, -0.25) is 4.79 Å². The summed E-state index contributed by atoms with van der Waals surface area (Å²) in [6, 6.07) is 3.98. The number of aliphatic carboxylic acids is 1. The van der Waals surface area contributed by atoms with Crippen molar-refractivity contribution in [3.05, 3.63) is 23.4 Å². The van der Waals surface area contributed by atoms with Gasteiger partial charge in [-0.25, -0.2) is 4.98 Å². The van der Waals surface area contributed by atoms with Crippen molar-refractivity contribution in [2.24, 2.45) is 0 Å². The highest BCUT2D eigenvalue weighted by molar-refractivity contribution is 7.99. The summed E-state index contributed by atoms with van der Waals surface area (Å²) in [7, 11) is 0. The Bertz CT molecular complexity index is 365. The summed E-state index contributed by atoms with van der Waals surface area (Å²) in [6.07, 6.45) is 3.33. The molecular formula is C10H11NO2S. The fraction of sp³-hybridized carbons (Fsp3) is 0.400. The van der Waals surface area contributed by atoms with Crippen LogP contribution in [0.5, 0.6) is 0 Å². The number of aromatic nitrogens is 1. The molecule has 0 unspecified atom stereocenters. The molecule has 74 valence electrons. The molecule has 0 aliphatic heterocycles. The van der Waals surface area contributed by atoms with E-state index in [1.165, 1.54) is 23.7 Å². The Morgan fingerprint density at radius 3 is 3.14 bits per heavy atom. The first kappa shape index (κ1) is 9.52. The molecule has 14 heavy (non-hydrogen) atoms.